The van der Waals surface area contributed by atoms with Crippen LogP contribution in [-0.2, 0) is 10.2 Å². The average Bonchev–Trinajstić information content (AvgIpc) is 2.91. The van der Waals surface area contributed by atoms with E-state index in [0.29, 0.717) is 10.9 Å². The van der Waals surface area contributed by atoms with Crippen LogP contribution in [0.1, 0.15) is 19.0 Å². The number of aliphatic hydroxyl groups excluding tert-OH is 1. The van der Waals surface area contributed by atoms with Gasteiger partial charge in [-0.3, -0.25) is 0 Å². The summed E-state index contributed by atoms with van der Waals surface area (Å²) in [5.41, 5.74) is 1.12. The summed E-state index contributed by atoms with van der Waals surface area (Å²) in [6, 6.07) is 3.70. The highest BCUT2D eigenvalue weighted by Crippen LogP contribution is 2.58. The minimum atomic E-state index is -0.0313. The Hall–Kier alpha value is -0.840. The van der Waals surface area contributed by atoms with Gasteiger partial charge in [-0.05, 0) is 31.4 Å². The third-order valence-corrected chi connectivity index (χ3v) is 4.10. The van der Waals surface area contributed by atoms with Gasteiger partial charge in [-0.1, -0.05) is 11.6 Å². The first-order valence-corrected chi connectivity index (χ1v) is 6.65. The van der Waals surface area contributed by atoms with Crippen LogP contribution in [0.5, 0.6) is 0 Å². The molecule has 0 bridgehead atoms. The third kappa shape index (κ3) is 1.98. The highest BCUT2D eigenvalue weighted by atomic mass is 35.5. The molecule has 1 aromatic rings. The number of anilines is 1. The molecule has 1 saturated carbocycles. The van der Waals surface area contributed by atoms with Crippen LogP contribution in [0.3, 0.4) is 0 Å². The van der Waals surface area contributed by atoms with E-state index in [-0.39, 0.29) is 18.1 Å². The molecule has 0 aromatic carbocycles. The van der Waals surface area contributed by atoms with Crippen molar-refractivity contribution in [1.82, 2.24) is 4.98 Å². The monoisotopic (exact) mass is 268 g/mol. The molecule has 5 heteroatoms. The lowest BCUT2D eigenvalue weighted by Crippen LogP contribution is -2.21. The van der Waals surface area contributed by atoms with Crippen molar-refractivity contribution in [2.24, 2.45) is 5.92 Å². The van der Waals surface area contributed by atoms with Gasteiger partial charge < -0.3 is 15.2 Å². The van der Waals surface area contributed by atoms with E-state index in [2.05, 4.69) is 10.3 Å². The molecule has 1 aliphatic carbocycles. The summed E-state index contributed by atoms with van der Waals surface area (Å²) in [5.74, 6) is 1.33. The Bertz CT molecular complexity index is 468. The molecule has 1 aromatic heterocycles. The smallest absolute Gasteiger partial charge is 0.128 e. The number of ether oxygens (including phenoxy) is 1. The Morgan fingerprint density at radius 1 is 1.67 bits per heavy atom. The van der Waals surface area contributed by atoms with E-state index in [0.717, 1.165) is 31.1 Å². The first kappa shape index (κ1) is 12.2. The van der Waals surface area contributed by atoms with Crippen molar-refractivity contribution in [1.29, 1.82) is 0 Å². The van der Waals surface area contributed by atoms with E-state index in [4.69, 9.17) is 21.4 Å². The van der Waals surface area contributed by atoms with Gasteiger partial charge >= 0.3 is 0 Å². The highest BCUT2D eigenvalue weighted by Gasteiger charge is 2.60. The summed E-state index contributed by atoms with van der Waals surface area (Å²) in [4.78, 5) is 4.63. The lowest BCUT2D eigenvalue weighted by atomic mass is 10.0. The number of fused-ring (bicyclic) bond motifs is 1. The van der Waals surface area contributed by atoms with Gasteiger partial charge in [0.25, 0.3) is 0 Å². The Morgan fingerprint density at radius 2 is 2.50 bits per heavy atom. The first-order valence-electron chi connectivity index (χ1n) is 6.27. The first-order chi connectivity index (χ1) is 8.64. The summed E-state index contributed by atoms with van der Waals surface area (Å²) in [6.45, 7) is 3.56. The lowest BCUT2D eigenvalue weighted by molar-refractivity contribution is 0.159. The van der Waals surface area contributed by atoms with Gasteiger partial charge in [-0.15, -0.1) is 0 Å². The van der Waals surface area contributed by atoms with Gasteiger partial charge in [0.15, 0.2) is 0 Å². The van der Waals surface area contributed by atoms with Gasteiger partial charge in [-0.25, -0.2) is 4.98 Å². The summed E-state index contributed by atoms with van der Waals surface area (Å²) < 4.78 is 5.50. The number of halogens is 1. The van der Waals surface area contributed by atoms with Crippen molar-refractivity contribution in [2.45, 2.75) is 24.8 Å². The van der Waals surface area contributed by atoms with E-state index >= 15 is 0 Å². The van der Waals surface area contributed by atoms with Crippen molar-refractivity contribution in [3.63, 3.8) is 0 Å². The van der Waals surface area contributed by atoms with Gasteiger partial charge in [-0.2, -0.15) is 0 Å². The second-order valence-corrected chi connectivity index (χ2v) is 5.79. The molecular formula is C13H17ClN2O2. The van der Waals surface area contributed by atoms with Crippen LogP contribution in [-0.4, -0.2) is 36.0 Å². The summed E-state index contributed by atoms with van der Waals surface area (Å²) in [6.07, 6.45) is 1.15. The second-order valence-electron chi connectivity index (χ2n) is 5.36. The molecule has 4 nitrogen and oxygen atoms in total. The second kappa shape index (κ2) is 4.37. The summed E-state index contributed by atoms with van der Waals surface area (Å²) in [7, 11) is 0. The van der Waals surface area contributed by atoms with Crippen molar-refractivity contribution in [3.05, 3.63) is 22.8 Å². The Balaban J connectivity index is 1.87. The number of aliphatic hydroxyl groups is 1. The summed E-state index contributed by atoms with van der Waals surface area (Å²) in [5, 5.41) is 12.9. The van der Waals surface area contributed by atoms with Crippen molar-refractivity contribution >= 4 is 17.4 Å². The van der Waals surface area contributed by atoms with E-state index in [1.54, 1.807) is 6.07 Å². The number of pyridine rings is 1. The van der Waals surface area contributed by atoms with Crippen LogP contribution in [0.25, 0.3) is 0 Å². The maximum absolute atomic E-state index is 9.06. The predicted octanol–water partition coefficient (Wildman–Crippen LogP) is 1.82. The van der Waals surface area contributed by atoms with E-state index in [1.807, 2.05) is 13.0 Å². The van der Waals surface area contributed by atoms with E-state index in [1.165, 1.54) is 0 Å². The zero-order valence-electron chi connectivity index (χ0n) is 10.3. The number of rotatable bonds is 4. The molecular weight excluding hydrogens is 252 g/mol. The van der Waals surface area contributed by atoms with E-state index in [9.17, 15) is 0 Å². The fourth-order valence-electron chi connectivity index (χ4n) is 2.67. The molecule has 0 amide bonds. The SMILES string of the molecule is CC(CO)Nc1cc(Cl)cc(C23COCC2C3)n1. The molecule has 3 unspecified atom stereocenters. The molecule has 3 atom stereocenters. The van der Waals surface area contributed by atoms with Crippen LogP contribution in [0, 0.1) is 5.92 Å². The zero-order chi connectivity index (χ0) is 12.8. The normalized spacial score (nSPS) is 30.9. The van der Waals surface area contributed by atoms with Gasteiger partial charge in [0.2, 0.25) is 0 Å². The number of aromatic nitrogens is 1. The maximum atomic E-state index is 9.06. The molecule has 1 aliphatic heterocycles. The summed E-state index contributed by atoms with van der Waals surface area (Å²) >= 11 is 6.15. The fourth-order valence-corrected chi connectivity index (χ4v) is 2.88. The molecule has 0 radical (unpaired) electrons. The van der Waals surface area contributed by atoms with E-state index < -0.39 is 0 Å². The lowest BCUT2D eigenvalue weighted by Gasteiger charge is -2.16. The minimum Gasteiger partial charge on any atom is -0.394 e. The maximum Gasteiger partial charge on any atom is 0.128 e. The number of hydrogen-bond donors (Lipinski definition) is 2. The van der Waals surface area contributed by atoms with Crippen LogP contribution in [0.15, 0.2) is 12.1 Å². The minimum absolute atomic E-state index is 0.0313. The number of nitrogens with zero attached hydrogens (tertiary/aromatic N) is 1. The molecule has 18 heavy (non-hydrogen) atoms. The Morgan fingerprint density at radius 3 is 3.11 bits per heavy atom. The molecule has 2 heterocycles. The van der Waals surface area contributed by atoms with Crippen LogP contribution < -0.4 is 5.32 Å². The molecule has 3 rings (SSSR count). The predicted molar refractivity (Wildman–Crippen MR) is 70.0 cm³/mol. The molecule has 2 fully saturated rings. The largest absolute Gasteiger partial charge is 0.394 e. The van der Waals surface area contributed by atoms with Gasteiger partial charge in [0.05, 0.1) is 25.5 Å². The van der Waals surface area contributed by atoms with Crippen LogP contribution >= 0.6 is 11.6 Å². The van der Waals surface area contributed by atoms with Crippen molar-refractivity contribution in [2.75, 3.05) is 25.1 Å². The topological polar surface area (TPSA) is 54.4 Å². The number of hydrogen-bond acceptors (Lipinski definition) is 4. The van der Waals surface area contributed by atoms with Gasteiger partial charge in [0.1, 0.15) is 5.82 Å². The third-order valence-electron chi connectivity index (χ3n) is 3.88. The molecule has 2 N–H and O–H groups in total. The average molecular weight is 269 g/mol. The molecule has 2 aliphatic rings. The molecule has 1 saturated heterocycles. The Labute approximate surface area is 111 Å². The van der Waals surface area contributed by atoms with Crippen LogP contribution in [0.2, 0.25) is 5.02 Å². The number of nitrogens with one attached hydrogen (secondary N) is 1. The van der Waals surface area contributed by atoms with Crippen molar-refractivity contribution < 1.29 is 9.84 Å². The Kier molecular flexibility index (Phi) is 2.96. The zero-order valence-corrected chi connectivity index (χ0v) is 11.1. The fraction of sp³-hybridized carbons (Fsp3) is 0.615. The van der Waals surface area contributed by atoms with Gasteiger partial charge in [0, 0.05) is 16.5 Å². The van der Waals surface area contributed by atoms with Crippen LogP contribution in [0.4, 0.5) is 5.82 Å². The van der Waals surface area contributed by atoms with Crippen molar-refractivity contribution in [3.8, 4) is 0 Å². The molecule has 98 valence electrons. The standard InChI is InChI=1S/C13H17ClN2O2/c1-8(5-17)15-12-3-10(14)2-11(16-12)13-4-9(13)6-18-7-13/h2-3,8-9,17H,4-7H2,1H3,(H,15,16). The molecule has 0 spiro atoms. The highest BCUT2D eigenvalue weighted by molar-refractivity contribution is 6.30. The quantitative estimate of drug-likeness (QED) is 0.875.